The summed E-state index contributed by atoms with van der Waals surface area (Å²) in [6.45, 7) is 11.5. The van der Waals surface area contributed by atoms with Gasteiger partial charge in [0.15, 0.2) is 0 Å². The van der Waals surface area contributed by atoms with Crippen LogP contribution in [0.25, 0.3) is 0 Å². The van der Waals surface area contributed by atoms with Gasteiger partial charge in [0, 0.05) is 17.6 Å². The molecular weight excluding hydrogens is 1000 g/mol. The number of esters is 2. The monoisotopic (exact) mass is 1120 g/mol. The van der Waals surface area contributed by atoms with Gasteiger partial charge in [-0.2, -0.15) is 0 Å². The molecule has 0 aromatic heterocycles. The highest BCUT2D eigenvalue weighted by atomic mass is 16.6. The summed E-state index contributed by atoms with van der Waals surface area (Å²) in [5.74, 6) is -0.406. The van der Waals surface area contributed by atoms with Crippen LogP contribution in [0.15, 0.2) is 23.3 Å². The number of ether oxygens (including phenoxy) is 6. The summed E-state index contributed by atoms with van der Waals surface area (Å²) in [7, 11) is 0. The predicted octanol–water partition coefficient (Wildman–Crippen LogP) is 14.6. The lowest BCUT2D eigenvalue weighted by atomic mass is 10.0. The number of hydrogen-bond donors (Lipinski definition) is 5. The second kappa shape index (κ2) is 55.3. The number of aliphatic hydroxyl groups excluding tert-OH is 5. The van der Waals surface area contributed by atoms with Gasteiger partial charge < -0.3 is 54.0 Å². The summed E-state index contributed by atoms with van der Waals surface area (Å²) in [6, 6.07) is 0. The van der Waals surface area contributed by atoms with Crippen molar-refractivity contribution in [3.05, 3.63) is 23.3 Å². The molecule has 466 valence electrons. The fourth-order valence-electron chi connectivity index (χ4n) is 10.4. The number of rotatable bonds is 58. The molecule has 13 heteroatoms. The summed E-state index contributed by atoms with van der Waals surface area (Å²) in [5.41, 5.74) is 1.48. The third-order valence-electron chi connectivity index (χ3n) is 15.3. The van der Waals surface area contributed by atoms with E-state index in [0.717, 1.165) is 95.5 Å². The minimum atomic E-state index is -0.464. The van der Waals surface area contributed by atoms with E-state index in [9.17, 15) is 35.1 Å². The SMILES string of the molecule is CCCCCCCCCCC(O)COCCOCC(O)CCCCCCCCCCCCC1=C[C@H](C)OC1=O.CCCCCCCCCC[C@H](O)COCCOC[C@@H](O)CCCCCCCCCC[C@@H](O)CC1=C[C@H](C)OC1=O. The summed E-state index contributed by atoms with van der Waals surface area (Å²) in [4.78, 5) is 23.2. The van der Waals surface area contributed by atoms with E-state index < -0.39 is 24.4 Å². The maximum absolute atomic E-state index is 11.6. The Bertz CT molecular complexity index is 1420. The van der Waals surface area contributed by atoms with Crippen molar-refractivity contribution in [3.63, 3.8) is 0 Å². The maximum Gasteiger partial charge on any atom is 0.334 e. The van der Waals surface area contributed by atoms with E-state index in [4.69, 9.17) is 28.4 Å². The molecule has 2 aliphatic heterocycles. The Kier molecular flexibility index (Phi) is 52.5. The van der Waals surface area contributed by atoms with Crippen molar-refractivity contribution < 1.29 is 63.5 Å². The van der Waals surface area contributed by atoms with E-state index in [1.807, 2.05) is 19.9 Å². The van der Waals surface area contributed by atoms with Crippen LogP contribution in [-0.4, -0.2) is 133 Å². The molecule has 5 N–H and O–H groups in total. The zero-order valence-electron chi connectivity index (χ0n) is 51.3. The number of cyclic esters (lactones) is 2. The van der Waals surface area contributed by atoms with E-state index in [2.05, 4.69) is 13.8 Å². The van der Waals surface area contributed by atoms with Crippen molar-refractivity contribution in [1.82, 2.24) is 0 Å². The van der Waals surface area contributed by atoms with Crippen LogP contribution in [0.5, 0.6) is 0 Å². The molecule has 0 saturated heterocycles. The molecule has 7 atom stereocenters. The molecule has 0 aromatic carbocycles. The van der Waals surface area contributed by atoms with Gasteiger partial charge in [0.1, 0.15) is 12.2 Å². The first-order valence-corrected chi connectivity index (χ1v) is 33.0. The van der Waals surface area contributed by atoms with Crippen molar-refractivity contribution in [3.8, 4) is 0 Å². The molecular formula is C66H124O13. The molecule has 0 bridgehead atoms. The molecule has 0 spiro atoms. The standard InChI is InChI=1S/C33H62O7.C33H62O6/c1-3-4-5-6-7-10-14-17-20-31(35)26-38-22-23-39-27-32(36)21-18-15-12-9-8-11-13-16-19-30(34)25-29-24-28(2)40-33(29)37;1-3-4-5-6-7-13-16-19-22-31(34)27-37-24-25-38-28-32(35)23-20-17-14-11-9-8-10-12-15-18-21-30-26-29(2)39-33(30)36/h24,28,30-32,34-36H,3-23,25-27H2,1-2H3;26,29,31-32,34-35H,3-25,27-28H2,1-2H3/t28-,30+,31-,32-;29-,31?,32?/m00/s1. The number of hydrogen-bond acceptors (Lipinski definition) is 13. The highest BCUT2D eigenvalue weighted by Crippen LogP contribution is 2.23. The van der Waals surface area contributed by atoms with E-state index in [1.165, 1.54) is 167 Å². The van der Waals surface area contributed by atoms with Gasteiger partial charge in [-0.15, -0.1) is 0 Å². The van der Waals surface area contributed by atoms with Crippen LogP contribution in [0.4, 0.5) is 0 Å². The second-order valence-electron chi connectivity index (χ2n) is 23.4. The highest BCUT2D eigenvalue weighted by Gasteiger charge is 2.24. The molecule has 0 amide bonds. The summed E-state index contributed by atoms with van der Waals surface area (Å²) >= 11 is 0. The van der Waals surface area contributed by atoms with Gasteiger partial charge in [-0.05, 0) is 70.9 Å². The average molecular weight is 1130 g/mol. The summed E-state index contributed by atoms with van der Waals surface area (Å²) in [6.07, 6.45) is 48.1. The third-order valence-corrected chi connectivity index (χ3v) is 15.3. The second-order valence-corrected chi connectivity index (χ2v) is 23.4. The predicted molar refractivity (Wildman–Crippen MR) is 321 cm³/mol. The molecule has 0 aromatic rings. The van der Waals surface area contributed by atoms with E-state index in [1.54, 1.807) is 6.08 Å². The zero-order valence-corrected chi connectivity index (χ0v) is 51.3. The molecule has 2 unspecified atom stereocenters. The Labute approximate surface area is 483 Å². The van der Waals surface area contributed by atoms with E-state index in [-0.39, 0.29) is 30.3 Å². The van der Waals surface area contributed by atoms with Crippen molar-refractivity contribution in [2.75, 3.05) is 52.9 Å². The van der Waals surface area contributed by atoms with Gasteiger partial charge in [-0.25, -0.2) is 9.59 Å². The fraction of sp³-hybridized carbons (Fsp3) is 0.909. The average Bonchev–Trinajstić information content (AvgIpc) is 3.93. The minimum Gasteiger partial charge on any atom is -0.455 e. The topological polar surface area (TPSA) is 191 Å². The fourth-order valence-corrected chi connectivity index (χ4v) is 10.4. The van der Waals surface area contributed by atoms with Gasteiger partial charge in [0.05, 0.1) is 83.4 Å². The molecule has 2 rings (SSSR count). The largest absolute Gasteiger partial charge is 0.455 e. The molecule has 79 heavy (non-hydrogen) atoms. The first-order chi connectivity index (χ1) is 38.4. The lowest BCUT2D eigenvalue weighted by molar-refractivity contribution is -0.140. The molecule has 0 fully saturated rings. The maximum atomic E-state index is 11.6. The first kappa shape index (κ1) is 75.1. The quantitative estimate of drug-likeness (QED) is 0.0286. The Morgan fingerprint density at radius 1 is 0.354 bits per heavy atom. The normalized spacial score (nSPS) is 17.2. The lowest BCUT2D eigenvalue weighted by Crippen LogP contribution is -2.20. The van der Waals surface area contributed by atoms with Gasteiger partial charge in [-0.3, -0.25) is 0 Å². The van der Waals surface area contributed by atoms with Gasteiger partial charge in [-0.1, -0.05) is 226 Å². The van der Waals surface area contributed by atoms with Crippen LogP contribution in [0.1, 0.15) is 291 Å². The van der Waals surface area contributed by atoms with E-state index >= 15 is 0 Å². The van der Waals surface area contributed by atoms with Crippen molar-refractivity contribution in [1.29, 1.82) is 0 Å². The molecule has 13 nitrogen and oxygen atoms in total. The van der Waals surface area contributed by atoms with Gasteiger partial charge in [0.25, 0.3) is 0 Å². The molecule has 2 heterocycles. The van der Waals surface area contributed by atoms with Crippen molar-refractivity contribution >= 4 is 11.9 Å². The Morgan fingerprint density at radius 3 is 0.861 bits per heavy atom. The molecule has 0 saturated carbocycles. The smallest absolute Gasteiger partial charge is 0.334 e. The van der Waals surface area contributed by atoms with Crippen LogP contribution >= 0.6 is 0 Å². The molecule has 2 aliphatic rings. The van der Waals surface area contributed by atoms with Crippen LogP contribution in [0.2, 0.25) is 0 Å². The lowest BCUT2D eigenvalue weighted by Gasteiger charge is -2.13. The molecule has 0 radical (unpaired) electrons. The Balaban J connectivity index is 0.000000790. The summed E-state index contributed by atoms with van der Waals surface area (Å²) < 4.78 is 32.3. The summed E-state index contributed by atoms with van der Waals surface area (Å²) in [5, 5.41) is 50.4. The Morgan fingerprint density at radius 2 is 0.595 bits per heavy atom. The van der Waals surface area contributed by atoms with Crippen molar-refractivity contribution in [2.45, 2.75) is 334 Å². The number of carbonyl (C=O) groups excluding carboxylic acids is 2. The Hall–Kier alpha value is -1.94. The number of carbonyl (C=O) groups is 2. The van der Waals surface area contributed by atoms with Crippen LogP contribution < -0.4 is 0 Å². The number of aliphatic hydroxyl groups is 5. The highest BCUT2D eigenvalue weighted by molar-refractivity contribution is 5.91. The van der Waals surface area contributed by atoms with Crippen LogP contribution in [0.3, 0.4) is 0 Å². The zero-order chi connectivity index (χ0) is 57.7. The minimum absolute atomic E-state index is 0.0467. The third kappa shape index (κ3) is 49.2. The van der Waals surface area contributed by atoms with Gasteiger partial charge in [0.2, 0.25) is 0 Å². The van der Waals surface area contributed by atoms with Crippen molar-refractivity contribution in [2.24, 2.45) is 0 Å². The van der Waals surface area contributed by atoms with E-state index in [0.29, 0.717) is 64.8 Å². The molecule has 0 aliphatic carbocycles. The van der Waals surface area contributed by atoms with Gasteiger partial charge >= 0.3 is 11.9 Å². The van der Waals surface area contributed by atoms with Crippen LogP contribution in [0, 0.1) is 0 Å². The first-order valence-electron chi connectivity index (χ1n) is 33.0. The number of unbranched alkanes of at least 4 members (excludes halogenated alkanes) is 30. The van der Waals surface area contributed by atoms with Crippen LogP contribution in [-0.2, 0) is 38.0 Å².